The summed E-state index contributed by atoms with van der Waals surface area (Å²) in [5.74, 6) is -1.65. The zero-order valence-corrected chi connectivity index (χ0v) is 7.93. The second-order valence-electron chi connectivity index (χ2n) is 2.38. The molecule has 1 rings (SSSR count). The topological polar surface area (TPSA) is 46.5 Å². The van der Waals surface area contributed by atoms with Gasteiger partial charge in [0.25, 0.3) is 0 Å². The highest BCUT2D eigenvalue weighted by Crippen LogP contribution is 2.22. The summed E-state index contributed by atoms with van der Waals surface area (Å²) in [6.07, 6.45) is -4.76. The van der Waals surface area contributed by atoms with E-state index in [2.05, 4.69) is 4.74 Å². The lowest BCUT2D eigenvalue weighted by molar-refractivity contribution is -0.274. The van der Waals surface area contributed by atoms with Gasteiger partial charge in [-0.25, -0.2) is 4.79 Å². The largest absolute Gasteiger partial charge is 0.573 e. The van der Waals surface area contributed by atoms with Crippen molar-refractivity contribution in [3.8, 4) is 5.75 Å². The summed E-state index contributed by atoms with van der Waals surface area (Å²) in [6, 6.07) is 3.95. The molecule has 84 valence electrons. The second-order valence-corrected chi connectivity index (χ2v) is 2.38. The third kappa shape index (κ3) is 4.55. The Morgan fingerprint density at radius 2 is 1.67 bits per heavy atom. The standard InChI is InChI=1S/C8H5F3O3.ClH/c9-8(10,11)14-6-3-1-5(2-4-6)7(12)13;/h1-4H,(H,12,13);1H. The van der Waals surface area contributed by atoms with Crippen LogP contribution < -0.4 is 4.74 Å². The summed E-state index contributed by atoms with van der Waals surface area (Å²) in [5.41, 5.74) is -0.0977. The van der Waals surface area contributed by atoms with E-state index in [1.165, 1.54) is 0 Å². The fourth-order valence-corrected chi connectivity index (χ4v) is 0.799. The molecule has 1 N–H and O–H groups in total. The van der Waals surface area contributed by atoms with Crippen LogP contribution in [-0.4, -0.2) is 17.4 Å². The lowest BCUT2D eigenvalue weighted by Gasteiger charge is -2.08. The van der Waals surface area contributed by atoms with Gasteiger partial charge in [-0.2, -0.15) is 0 Å². The Morgan fingerprint density at radius 1 is 1.20 bits per heavy atom. The summed E-state index contributed by atoms with van der Waals surface area (Å²) in [6.45, 7) is 0. The molecule has 0 unspecified atom stereocenters. The molecule has 7 heteroatoms. The van der Waals surface area contributed by atoms with Gasteiger partial charge in [-0.1, -0.05) is 0 Å². The van der Waals surface area contributed by atoms with E-state index in [4.69, 9.17) is 5.11 Å². The highest BCUT2D eigenvalue weighted by atomic mass is 35.5. The fraction of sp³-hybridized carbons (Fsp3) is 0.125. The monoisotopic (exact) mass is 242 g/mol. The number of hydrogen-bond donors (Lipinski definition) is 1. The van der Waals surface area contributed by atoms with E-state index in [1.54, 1.807) is 0 Å². The van der Waals surface area contributed by atoms with Gasteiger partial charge in [-0.3, -0.25) is 0 Å². The smallest absolute Gasteiger partial charge is 0.478 e. The van der Waals surface area contributed by atoms with E-state index in [1.807, 2.05) is 0 Å². The van der Waals surface area contributed by atoms with E-state index in [0.717, 1.165) is 24.3 Å². The summed E-state index contributed by atoms with van der Waals surface area (Å²) in [7, 11) is 0. The van der Waals surface area contributed by atoms with Gasteiger partial charge >= 0.3 is 12.3 Å². The maximum absolute atomic E-state index is 11.7. The van der Waals surface area contributed by atoms with Crippen LogP contribution in [0.3, 0.4) is 0 Å². The average Bonchev–Trinajstić information content (AvgIpc) is 2.02. The van der Waals surface area contributed by atoms with Crippen molar-refractivity contribution >= 4 is 18.4 Å². The molecule has 0 aromatic heterocycles. The van der Waals surface area contributed by atoms with Gasteiger partial charge in [-0.15, -0.1) is 25.6 Å². The van der Waals surface area contributed by atoms with Crippen LogP contribution in [0.5, 0.6) is 5.75 Å². The van der Waals surface area contributed by atoms with Crippen LogP contribution in [0.25, 0.3) is 0 Å². The van der Waals surface area contributed by atoms with Crippen LogP contribution in [0, 0.1) is 0 Å². The molecule has 0 fully saturated rings. The molecule has 0 amide bonds. The minimum Gasteiger partial charge on any atom is -0.478 e. The third-order valence-corrected chi connectivity index (χ3v) is 1.33. The minimum atomic E-state index is -4.76. The van der Waals surface area contributed by atoms with Gasteiger partial charge < -0.3 is 9.84 Å². The number of halogens is 4. The Kier molecular flexibility index (Phi) is 4.41. The molecule has 0 atom stereocenters. The van der Waals surface area contributed by atoms with Gasteiger partial charge in [-0.05, 0) is 24.3 Å². The Balaban J connectivity index is 0.00000196. The molecule has 0 radical (unpaired) electrons. The Morgan fingerprint density at radius 3 is 2.00 bits per heavy atom. The predicted octanol–water partition coefficient (Wildman–Crippen LogP) is 2.71. The molecular weight excluding hydrogens is 237 g/mol. The number of carboxylic acids is 1. The minimum absolute atomic E-state index is 0. The van der Waals surface area contributed by atoms with Gasteiger partial charge in [0.15, 0.2) is 0 Å². The van der Waals surface area contributed by atoms with Crippen molar-refractivity contribution in [3.63, 3.8) is 0 Å². The predicted molar refractivity (Wildman–Crippen MR) is 47.3 cm³/mol. The molecule has 0 bridgehead atoms. The number of hydrogen-bond acceptors (Lipinski definition) is 2. The zero-order valence-electron chi connectivity index (χ0n) is 7.12. The number of rotatable bonds is 2. The molecule has 0 spiro atoms. The lowest BCUT2D eigenvalue weighted by Crippen LogP contribution is -2.17. The van der Waals surface area contributed by atoms with Crippen molar-refractivity contribution in [1.82, 2.24) is 0 Å². The third-order valence-electron chi connectivity index (χ3n) is 1.33. The number of aromatic carboxylic acids is 1. The maximum Gasteiger partial charge on any atom is 0.573 e. The molecule has 0 aliphatic rings. The maximum atomic E-state index is 11.7. The van der Waals surface area contributed by atoms with Crippen LogP contribution in [0.15, 0.2) is 24.3 Å². The van der Waals surface area contributed by atoms with E-state index < -0.39 is 18.1 Å². The van der Waals surface area contributed by atoms with Crippen LogP contribution in [-0.2, 0) is 0 Å². The SMILES string of the molecule is Cl.O=C(O)c1ccc(OC(F)(F)F)cc1. The van der Waals surface area contributed by atoms with Gasteiger partial charge in [0.05, 0.1) is 5.56 Å². The van der Waals surface area contributed by atoms with Crippen LogP contribution in [0.1, 0.15) is 10.4 Å². The summed E-state index contributed by atoms with van der Waals surface area (Å²) in [4.78, 5) is 10.3. The first-order chi connectivity index (χ1) is 6.38. The lowest BCUT2D eigenvalue weighted by atomic mass is 10.2. The van der Waals surface area contributed by atoms with Crippen molar-refractivity contribution in [2.45, 2.75) is 6.36 Å². The van der Waals surface area contributed by atoms with E-state index in [0.29, 0.717) is 0 Å². The molecule has 15 heavy (non-hydrogen) atoms. The van der Waals surface area contributed by atoms with E-state index >= 15 is 0 Å². The molecule has 0 aliphatic carbocycles. The van der Waals surface area contributed by atoms with Crippen molar-refractivity contribution in [2.24, 2.45) is 0 Å². The summed E-state index contributed by atoms with van der Waals surface area (Å²) < 4.78 is 38.5. The van der Waals surface area contributed by atoms with Crippen molar-refractivity contribution < 1.29 is 27.8 Å². The van der Waals surface area contributed by atoms with Crippen LogP contribution >= 0.6 is 12.4 Å². The number of benzene rings is 1. The molecule has 1 aromatic rings. The van der Waals surface area contributed by atoms with E-state index in [-0.39, 0.29) is 18.0 Å². The van der Waals surface area contributed by atoms with Crippen molar-refractivity contribution in [2.75, 3.05) is 0 Å². The molecule has 0 heterocycles. The molecular formula is C8H6ClF3O3. The highest BCUT2D eigenvalue weighted by molar-refractivity contribution is 5.87. The second kappa shape index (κ2) is 4.88. The first-order valence-corrected chi connectivity index (χ1v) is 3.47. The first kappa shape index (κ1) is 13.6. The number of carboxylic acid groups (broad SMARTS) is 1. The normalized spacial score (nSPS) is 10.3. The quantitative estimate of drug-likeness (QED) is 0.867. The Hall–Kier alpha value is -1.43. The molecule has 0 saturated heterocycles. The molecule has 0 saturated carbocycles. The summed E-state index contributed by atoms with van der Waals surface area (Å²) >= 11 is 0. The number of ether oxygens (including phenoxy) is 1. The number of alkyl halides is 3. The van der Waals surface area contributed by atoms with Crippen LogP contribution in [0.2, 0.25) is 0 Å². The summed E-state index contributed by atoms with van der Waals surface area (Å²) in [5, 5.41) is 8.45. The zero-order chi connectivity index (χ0) is 10.8. The molecule has 1 aromatic carbocycles. The van der Waals surface area contributed by atoms with Gasteiger partial charge in [0.1, 0.15) is 5.75 Å². The van der Waals surface area contributed by atoms with Crippen LogP contribution in [0.4, 0.5) is 13.2 Å². The fourth-order valence-electron chi connectivity index (χ4n) is 0.799. The van der Waals surface area contributed by atoms with Gasteiger partial charge in [0.2, 0.25) is 0 Å². The van der Waals surface area contributed by atoms with E-state index in [9.17, 15) is 18.0 Å². The van der Waals surface area contributed by atoms with Gasteiger partial charge in [0, 0.05) is 0 Å². The first-order valence-electron chi connectivity index (χ1n) is 3.47. The average molecular weight is 243 g/mol. The Bertz CT molecular complexity index is 334. The molecule has 0 aliphatic heterocycles. The van der Waals surface area contributed by atoms with Crippen molar-refractivity contribution in [3.05, 3.63) is 29.8 Å². The highest BCUT2D eigenvalue weighted by Gasteiger charge is 2.30. The Labute approximate surface area is 88.9 Å². The van der Waals surface area contributed by atoms with Crippen molar-refractivity contribution in [1.29, 1.82) is 0 Å². The molecule has 3 nitrogen and oxygen atoms in total. The number of carbonyl (C=O) groups is 1.